The molecule has 184 valence electrons. The summed E-state index contributed by atoms with van der Waals surface area (Å²) >= 11 is 0. The van der Waals surface area contributed by atoms with Gasteiger partial charge in [-0.2, -0.15) is 0 Å². The van der Waals surface area contributed by atoms with Gasteiger partial charge in [-0.15, -0.1) is 0 Å². The molecule has 1 aromatic carbocycles. The minimum absolute atomic E-state index is 0.0993. The Morgan fingerprint density at radius 2 is 1.62 bits per heavy atom. The molecule has 2 rings (SSSR count). The van der Waals surface area contributed by atoms with E-state index in [9.17, 15) is 9.59 Å². The van der Waals surface area contributed by atoms with Gasteiger partial charge in [0.1, 0.15) is 0 Å². The lowest BCUT2D eigenvalue weighted by atomic mass is 10.1. The Balaban J connectivity index is 1.74. The van der Waals surface area contributed by atoms with Crippen LogP contribution in [-0.4, -0.2) is 28.0 Å². The van der Waals surface area contributed by atoms with Crippen LogP contribution in [0.2, 0.25) is 0 Å². The van der Waals surface area contributed by atoms with E-state index in [1.54, 1.807) is 6.92 Å². The van der Waals surface area contributed by atoms with Crippen molar-refractivity contribution in [1.82, 2.24) is 9.97 Å². The summed E-state index contributed by atoms with van der Waals surface area (Å²) in [6.45, 7) is 5.91. The second kappa shape index (κ2) is 15.8. The van der Waals surface area contributed by atoms with Crippen LogP contribution in [0.5, 0.6) is 5.75 Å². The van der Waals surface area contributed by atoms with E-state index in [2.05, 4.69) is 29.0 Å². The van der Waals surface area contributed by atoms with Crippen LogP contribution in [0, 0.1) is 0 Å². The Kier molecular flexibility index (Phi) is 12.6. The van der Waals surface area contributed by atoms with E-state index in [1.165, 1.54) is 31.7 Å². The molecule has 6 heteroatoms. The van der Waals surface area contributed by atoms with Gasteiger partial charge in [0.05, 0.1) is 18.5 Å². The van der Waals surface area contributed by atoms with Gasteiger partial charge in [-0.25, -0.2) is 9.97 Å². The molecular formula is C28H38N2O4. The Bertz CT molecular complexity index is 892. The molecule has 1 aromatic heterocycles. The highest BCUT2D eigenvalue weighted by Crippen LogP contribution is 2.19. The van der Waals surface area contributed by atoms with Gasteiger partial charge in [-0.1, -0.05) is 63.1 Å². The number of nitrogens with zero attached hydrogens (tertiary/aromatic N) is 2. The van der Waals surface area contributed by atoms with Gasteiger partial charge in [0, 0.05) is 18.4 Å². The summed E-state index contributed by atoms with van der Waals surface area (Å²) < 4.78 is 10.7. The second-order valence-electron chi connectivity index (χ2n) is 8.47. The summed E-state index contributed by atoms with van der Waals surface area (Å²) in [5, 5.41) is 0. The minimum Gasteiger partial charge on any atom is -0.463 e. The molecule has 34 heavy (non-hydrogen) atoms. The maximum atomic E-state index is 12.0. The smallest absolute Gasteiger partial charge is 0.311 e. The van der Waals surface area contributed by atoms with Gasteiger partial charge < -0.3 is 9.47 Å². The topological polar surface area (TPSA) is 78.4 Å². The highest BCUT2D eigenvalue weighted by molar-refractivity contribution is 5.72. The summed E-state index contributed by atoms with van der Waals surface area (Å²) in [5.41, 5.74) is 2.04. The summed E-state index contributed by atoms with van der Waals surface area (Å²) in [4.78, 5) is 32.1. The van der Waals surface area contributed by atoms with Gasteiger partial charge in [-0.05, 0) is 51.0 Å². The van der Waals surface area contributed by atoms with Crippen LogP contribution in [0.1, 0.15) is 84.1 Å². The number of hydrogen-bond acceptors (Lipinski definition) is 6. The van der Waals surface area contributed by atoms with Crippen molar-refractivity contribution < 1.29 is 19.1 Å². The standard InChI is InChI=1S/C28H38N2O4/c1-4-6-7-8-9-10-11-12-13-27(32)34-25-20-29-28(30-21-25)24-18-16-23(17-19-24)15-14-22(3)33-26(31)5-2/h9-10,16-22H,4-8,11-15H2,1-3H3/b10-9-. The molecule has 0 bridgehead atoms. The molecule has 0 N–H and O–H groups in total. The average molecular weight is 467 g/mol. The van der Waals surface area contributed by atoms with Crippen molar-refractivity contribution >= 4 is 11.9 Å². The molecule has 0 spiro atoms. The predicted octanol–water partition coefficient (Wildman–Crippen LogP) is 6.63. The number of allylic oxidation sites excluding steroid dienone is 2. The Morgan fingerprint density at radius 3 is 2.26 bits per heavy atom. The van der Waals surface area contributed by atoms with Crippen LogP contribution >= 0.6 is 0 Å². The normalized spacial score (nSPS) is 12.0. The highest BCUT2D eigenvalue weighted by atomic mass is 16.5. The Labute approximate surface area is 203 Å². The molecule has 0 saturated heterocycles. The van der Waals surface area contributed by atoms with Crippen molar-refractivity contribution in [3.05, 3.63) is 54.4 Å². The summed E-state index contributed by atoms with van der Waals surface area (Å²) in [6.07, 6.45) is 16.2. The molecule has 0 aliphatic rings. The van der Waals surface area contributed by atoms with Crippen molar-refractivity contribution in [2.45, 2.75) is 91.1 Å². The fourth-order valence-electron chi connectivity index (χ4n) is 3.37. The molecule has 0 radical (unpaired) electrons. The first-order valence-electron chi connectivity index (χ1n) is 12.5. The minimum atomic E-state index is -0.265. The average Bonchev–Trinajstić information content (AvgIpc) is 2.85. The lowest BCUT2D eigenvalue weighted by Crippen LogP contribution is -2.14. The summed E-state index contributed by atoms with van der Waals surface area (Å²) in [5.74, 6) is 0.499. The van der Waals surface area contributed by atoms with E-state index in [1.807, 2.05) is 31.2 Å². The molecule has 0 amide bonds. The molecule has 1 unspecified atom stereocenters. The molecule has 0 saturated carbocycles. The number of unbranched alkanes of at least 4 members (excludes halogenated alkanes) is 4. The Morgan fingerprint density at radius 1 is 0.941 bits per heavy atom. The van der Waals surface area contributed by atoms with Crippen molar-refractivity contribution in [3.8, 4) is 17.1 Å². The molecule has 1 atom stereocenters. The lowest BCUT2D eigenvalue weighted by Gasteiger charge is -2.12. The van der Waals surface area contributed by atoms with Crippen LogP contribution in [0.25, 0.3) is 11.4 Å². The maximum absolute atomic E-state index is 12.0. The third-order valence-corrected chi connectivity index (χ3v) is 5.43. The van der Waals surface area contributed by atoms with Gasteiger partial charge in [0.15, 0.2) is 11.6 Å². The number of rotatable bonds is 15. The largest absolute Gasteiger partial charge is 0.463 e. The number of benzene rings is 1. The summed E-state index contributed by atoms with van der Waals surface area (Å²) in [7, 11) is 0. The molecule has 1 heterocycles. The third kappa shape index (κ3) is 10.7. The van der Waals surface area contributed by atoms with E-state index in [0.29, 0.717) is 24.4 Å². The SMILES string of the molecule is CCCCC/C=C\CCCC(=O)Oc1cnc(-c2ccc(CCC(C)OC(=O)CC)cc2)nc1. The number of carbonyl (C=O) groups excluding carboxylic acids is 2. The first-order chi connectivity index (χ1) is 16.5. The predicted molar refractivity (Wildman–Crippen MR) is 134 cm³/mol. The van der Waals surface area contributed by atoms with E-state index in [4.69, 9.17) is 9.47 Å². The molecule has 2 aromatic rings. The maximum Gasteiger partial charge on any atom is 0.311 e. The van der Waals surface area contributed by atoms with Crippen LogP contribution in [0.3, 0.4) is 0 Å². The number of aryl methyl sites for hydroxylation is 1. The Hall–Kier alpha value is -3.02. The van der Waals surface area contributed by atoms with Crippen LogP contribution in [-0.2, 0) is 20.7 Å². The number of hydrogen-bond donors (Lipinski definition) is 0. The van der Waals surface area contributed by atoms with Gasteiger partial charge in [-0.3, -0.25) is 9.59 Å². The fraction of sp³-hybridized carbons (Fsp3) is 0.500. The second-order valence-corrected chi connectivity index (χ2v) is 8.47. The van der Waals surface area contributed by atoms with E-state index >= 15 is 0 Å². The zero-order valence-corrected chi connectivity index (χ0v) is 20.8. The molecule has 0 fully saturated rings. The first kappa shape index (κ1) is 27.2. The van der Waals surface area contributed by atoms with E-state index < -0.39 is 0 Å². The number of esters is 2. The van der Waals surface area contributed by atoms with Crippen LogP contribution < -0.4 is 4.74 Å². The number of carbonyl (C=O) groups is 2. The fourth-order valence-corrected chi connectivity index (χ4v) is 3.37. The van der Waals surface area contributed by atoms with Crippen molar-refractivity contribution in [3.63, 3.8) is 0 Å². The van der Waals surface area contributed by atoms with Crippen LogP contribution in [0.4, 0.5) is 0 Å². The molecular weight excluding hydrogens is 428 g/mol. The molecule has 0 aliphatic carbocycles. The first-order valence-corrected chi connectivity index (χ1v) is 12.5. The highest BCUT2D eigenvalue weighted by Gasteiger charge is 2.09. The lowest BCUT2D eigenvalue weighted by molar-refractivity contribution is -0.148. The van der Waals surface area contributed by atoms with E-state index in [-0.39, 0.29) is 18.0 Å². The van der Waals surface area contributed by atoms with Gasteiger partial charge in [0.25, 0.3) is 0 Å². The molecule has 0 aliphatic heterocycles. The zero-order valence-electron chi connectivity index (χ0n) is 20.8. The van der Waals surface area contributed by atoms with Gasteiger partial charge >= 0.3 is 11.9 Å². The van der Waals surface area contributed by atoms with Crippen LogP contribution in [0.15, 0.2) is 48.8 Å². The van der Waals surface area contributed by atoms with Crippen molar-refractivity contribution in [2.75, 3.05) is 0 Å². The number of ether oxygens (including phenoxy) is 2. The van der Waals surface area contributed by atoms with E-state index in [0.717, 1.165) is 43.2 Å². The van der Waals surface area contributed by atoms with Crippen molar-refractivity contribution in [1.29, 1.82) is 0 Å². The summed E-state index contributed by atoms with van der Waals surface area (Å²) in [6, 6.07) is 7.99. The number of aromatic nitrogens is 2. The monoisotopic (exact) mass is 466 g/mol. The third-order valence-electron chi connectivity index (χ3n) is 5.43. The molecule has 6 nitrogen and oxygen atoms in total. The van der Waals surface area contributed by atoms with Crippen molar-refractivity contribution in [2.24, 2.45) is 0 Å². The quantitative estimate of drug-likeness (QED) is 0.166. The van der Waals surface area contributed by atoms with Gasteiger partial charge in [0.2, 0.25) is 0 Å². The zero-order chi connectivity index (χ0) is 24.6.